The van der Waals surface area contributed by atoms with Crippen LogP contribution in [0.3, 0.4) is 0 Å². The van der Waals surface area contributed by atoms with Crippen LogP contribution in [0.5, 0.6) is 0 Å². The number of carbonyl (C=O) groups excluding carboxylic acids is 4. The van der Waals surface area contributed by atoms with Crippen molar-refractivity contribution in [3.8, 4) is 33.6 Å². The van der Waals surface area contributed by atoms with E-state index in [0.717, 1.165) is 85.0 Å². The van der Waals surface area contributed by atoms with Gasteiger partial charge in [0.25, 0.3) is 0 Å². The van der Waals surface area contributed by atoms with Gasteiger partial charge in [-0.2, -0.15) is 0 Å². The lowest BCUT2D eigenvalue weighted by Gasteiger charge is -2.30. The van der Waals surface area contributed by atoms with Crippen LogP contribution in [0.25, 0.3) is 33.6 Å². The molecule has 2 aromatic heterocycles. The molecule has 2 aliphatic heterocycles. The maximum atomic E-state index is 13.8. The summed E-state index contributed by atoms with van der Waals surface area (Å²) in [5, 5.41) is 5.69. The van der Waals surface area contributed by atoms with Crippen LogP contribution >= 0.6 is 0 Å². The van der Waals surface area contributed by atoms with Gasteiger partial charge in [-0.15, -0.1) is 0 Å². The molecule has 4 aliphatic rings. The summed E-state index contributed by atoms with van der Waals surface area (Å²) in [7, 11) is 0. The maximum Gasteiger partial charge on any atom is 0.408 e. The third-order valence-electron chi connectivity index (χ3n) is 12.5. The number of H-pyrrole nitrogens is 2. The molecule has 0 radical (unpaired) electrons. The number of rotatable bonds is 13. The second kappa shape index (κ2) is 18.8. The SMILES string of the molecule is CC(C)[C@H](NC(=O)OC1CCCC1)C(=O)N1CC=CC1c1ncc(-c2ccc(-c3ccc(-c4c[nH]c([C@@H]5C=CCN5C(=O)[C@@H](NC(=O)OC5CCCC5)C(C)C)n4)cc3)cc2)[nH]1. The van der Waals surface area contributed by atoms with Crippen LogP contribution in [-0.2, 0) is 19.1 Å². The second-order valence-electron chi connectivity index (χ2n) is 17.6. The van der Waals surface area contributed by atoms with E-state index in [1.165, 1.54) is 0 Å². The Kier molecular flexibility index (Phi) is 12.9. The predicted molar refractivity (Wildman–Crippen MR) is 235 cm³/mol. The number of ether oxygens (including phenoxy) is 2. The van der Waals surface area contributed by atoms with Crippen molar-refractivity contribution in [3.05, 3.63) is 96.9 Å². The Morgan fingerprint density at radius 2 is 1.10 bits per heavy atom. The standard InChI is InChI=1S/C48H58N8O6/c1-29(2)41(53-47(59)61-35-11-5-6-12-35)45(57)55-25-9-15-39(55)43-49-27-37(51-43)33-21-17-31(18-22-33)32-19-23-34(24-20-32)38-28-50-44(52-38)40-16-10-26-56(40)46(58)42(30(3)4)54-48(60)62-36-13-7-8-14-36/h9-10,15-24,27-30,35-36,39-42H,5-8,11-14,25-26H2,1-4H3,(H,49,51)(H,50,52)(H,53,59)(H,54,60)/t39-,40?,41-,42-/m0/s1. The molecule has 2 aromatic carbocycles. The van der Waals surface area contributed by atoms with E-state index in [4.69, 9.17) is 14.5 Å². The summed E-state index contributed by atoms with van der Waals surface area (Å²) in [6, 6.07) is 14.2. The third-order valence-corrected chi connectivity index (χ3v) is 12.5. The molecule has 8 rings (SSSR count). The van der Waals surface area contributed by atoms with Crippen molar-refractivity contribution in [1.29, 1.82) is 0 Å². The van der Waals surface area contributed by atoms with E-state index < -0.39 is 24.3 Å². The van der Waals surface area contributed by atoms with Gasteiger partial charge in [-0.3, -0.25) is 9.59 Å². The van der Waals surface area contributed by atoms with Gasteiger partial charge in [0.15, 0.2) is 0 Å². The van der Waals surface area contributed by atoms with Crippen LogP contribution in [0.15, 0.2) is 85.2 Å². The summed E-state index contributed by atoms with van der Waals surface area (Å²) in [5.74, 6) is 0.696. The van der Waals surface area contributed by atoms with Crippen molar-refractivity contribution in [3.63, 3.8) is 0 Å². The van der Waals surface area contributed by atoms with Gasteiger partial charge < -0.3 is 39.9 Å². The van der Waals surface area contributed by atoms with Gasteiger partial charge in [0.2, 0.25) is 11.8 Å². The van der Waals surface area contributed by atoms with Crippen molar-refractivity contribution in [2.45, 2.75) is 115 Å². The summed E-state index contributed by atoms with van der Waals surface area (Å²) in [5.41, 5.74) is 5.57. The van der Waals surface area contributed by atoms with E-state index in [-0.39, 0.29) is 47.9 Å². The zero-order valence-electron chi connectivity index (χ0n) is 36.0. The van der Waals surface area contributed by atoms with Crippen molar-refractivity contribution >= 4 is 24.0 Å². The zero-order valence-corrected chi connectivity index (χ0v) is 36.0. The van der Waals surface area contributed by atoms with Crippen LogP contribution in [0.1, 0.15) is 103 Å². The molecular formula is C48H58N8O6. The number of alkyl carbamates (subject to hydrolysis) is 2. The molecule has 62 heavy (non-hydrogen) atoms. The normalized spacial score (nSPS) is 20.0. The van der Waals surface area contributed by atoms with Crippen LogP contribution in [0.4, 0.5) is 9.59 Å². The molecule has 326 valence electrons. The lowest BCUT2D eigenvalue weighted by molar-refractivity contribution is -0.135. The predicted octanol–water partition coefficient (Wildman–Crippen LogP) is 8.40. The van der Waals surface area contributed by atoms with Crippen molar-refractivity contribution in [2.75, 3.05) is 13.1 Å². The number of amides is 4. The summed E-state index contributed by atoms with van der Waals surface area (Å²) in [4.78, 5) is 72.9. The first-order valence-electron chi connectivity index (χ1n) is 22.2. The molecule has 4 heterocycles. The molecule has 0 bridgehead atoms. The molecule has 1 unspecified atom stereocenters. The van der Waals surface area contributed by atoms with Gasteiger partial charge in [-0.25, -0.2) is 19.6 Å². The van der Waals surface area contributed by atoms with Crippen molar-refractivity contribution in [2.24, 2.45) is 11.8 Å². The molecule has 2 aliphatic carbocycles. The number of benzene rings is 2. The van der Waals surface area contributed by atoms with Gasteiger partial charge >= 0.3 is 12.2 Å². The number of hydrogen-bond acceptors (Lipinski definition) is 8. The Hall–Kier alpha value is -6.18. The molecule has 4 amide bonds. The van der Waals surface area contributed by atoms with Crippen molar-refractivity contribution in [1.82, 2.24) is 40.4 Å². The van der Waals surface area contributed by atoms with Gasteiger partial charge in [0.1, 0.15) is 48.0 Å². The highest BCUT2D eigenvalue weighted by Crippen LogP contribution is 2.32. The number of carbonyl (C=O) groups is 4. The highest BCUT2D eigenvalue weighted by Gasteiger charge is 2.37. The highest BCUT2D eigenvalue weighted by molar-refractivity contribution is 5.88. The van der Waals surface area contributed by atoms with E-state index >= 15 is 0 Å². The average Bonchev–Trinajstić information content (AvgIpc) is 4.12. The van der Waals surface area contributed by atoms with Crippen LogP contribution < -0.4 is 10.6 Å². The highest BCUT2D eigenvalue weighted by atomic mass is 16.6. The van der Waals surface area contributed by atoms with Crippen LogP contribution in [-0.4, -0.2) is 91.1 Å². The minimum Gasteiger partial charge on any atom is -0.446 e. The zero-order chi connectivity index (χ0) is 43.3. The second-order valence-corrected chi connectivity index (χ2v) is 17.6. The largest absolute Gasteiger partial charge is 0.446 e. The van der Waals surface area contributed by atoms with E-state index in [9.17, 15) is 19.2 Å². The molecule has 4 aromatic rings. The summed E-state index contributed by atoms with van der Waals surface area (Å²) in [6.45, 7) is 8.53. The molecule has 0 saturated heterocycles. The van der Waals surface area contributed by atoms with E-state index in [2.05, 4.69) is 49.9 Å². The number of nitrogens with one attached hydrogen (secondary N) is 4. The Morgan fingerprint density at radius 3 is 1.58 bits per heavy atom. The van der Waals surface area contributed by atoms with Crippen LogP contribution in [0, 0.1) is 11.8 Å². The fourth-order valence-electron chi connectivity index (χ4n) is 8.94. The topological polar surface area (TPSA) is 175 Å². The molecule has 14 heteroatoms. The van der Waals surface area contributed by atoms with Crippen LogP contribution in [0.2, 0.25) is 0 Å². The molecular weight excluding hydrogens is 785 g/mol. The van der Waals surface area contributed by atoms with Crippen molar-refractivity contribution < 1.29 is 28.7 Å². The molecule has 2 fully saturated rings. The Morgan fingerprint density at radius 1 is 0.645 bits per heavy atom. The summed E-state index contributed by atoms with van der Waals surface area (Å²) < 4.78 is 11.2. The molecule has 2 saturated carbocycles. The first kappa shape index (κ1) is 42.5. The minimum atomic E-state index is -0.719. The number of nitrogens with zero attached hydrogens (tertiary/aromatic N) is 4. The Balaban J connectivity index is 0.882. The number of imidazole rings is 2. The summed E-state index contributed by atoms with van der Waals surface area (Å²) >= 11 is 0. The molecule has 0 spiro atoms. The van der Waals surface area contributed by atoms with Gasteiger partial charge in [-0.1, -0.05) is 101 Å². The fraction of sp³-hybridized carbons (Fsp3) is 0.458. The van der Waals surface area contributed by atoms with Gasteiger partial charge in [0.05, 0.1) is 17.6 Å². The monoisotopic (exact) mass is 842 g/mol. The number of aromatic nitrogens is 4. The van der Waals surface area contributed by atoms with E-state index in [1.54, 1.807) is 16.0 Å². The van der Waals surface area contributed by atoms with E-state index in [0.29, 0.717) is 24.7 Å². The molecule has 4 N–H and O–H groups in total. The maximum absolute atomic E-state index is 13.8. The smallest absolute Gasteiger partial charge is 0.408 e. The van der Waals surface area contributed by atoms with Gasteiger partial charge in [-0.05, 0) is 79.9 Å². The van der Waals surface area contributed by atoms with Gasteiger partial charge in [0, 0.05) is 24.8 Å². The Bertz CT molecular complexity index is 2110. The fourth-order valence-corrected chi connectivity index (χ4v) is 8.94. The summed E-state index contributed by atoms with van der Waals surface area (Å²) in [6.07, 6.45) is 17.9. The Labute approximate surface area is 362 Å². The first-order valence-corrected chi connectivity index (χ1v) is 22.2. The first-order chi connectivity index (χ1) is 30.0. The lowest BCUT2D eigenvalue weighted by atomic mass is 10.0. The lowest BCUT2D eigenvalue weighted by Crippen LogP contribution is -2.51. The average molecular weight is 843 g/mol. The molecule has 4 atom stereocenters. The quantitative estimate of drug-likeness (QED) is 0.0971. The molecule has 14 nitrogen and oxygen atoms in total. The van der Waals surface area contributed by atoms with E-state index in [1.807, 2.05) is 82.5 Å². The third kappa shape index (κ3) is 9.49. The minimum absolute atomic E-state index is 0.0832. The number of hydrogen-bond donors (Lipinski definition) is 4. The number of aromatic amines is 2.